The molecule has 0 unspecified atom stereocenters. The number of hydrogen-bond acceptors (Lipinski definition) is 3. The van der Waals surface area contributed by atoms with Gasteiger partial charge in [-0.3, -0.25) is 4.79 Å². The molecule has 96 valence electrons. The van der Waals surface area contributed by atoms with Crippen molar-refractivity contribution in [2.75, 3.05) is 0 Å². The number of H-pyrrole nitrogens is 1. The van der Waals surface area contributed by atoms with Crippen LogP contribution in [-0.4, -0.2) is 19.5 Å². The van der Waals surface area contributed by atoms with Crippen molar-refractivity contribution in [2.45, 2.75) is 26.2 Å². The molecule has 2 aromatic rings. The summed E-state index contributed by atoms with van der Waals surface area (Å²) in [4.78, 5) is 23.4. The standard InChI is InChI=1S/C12H15BrN4O/c1-12(2,3)8-7(13)11(18)16-9(15-8)10-14-5-6-17(10)4/h5-6H,1-4H3,(H,15,16,18). The van der Waals surface area contributed by atoms with Crippen LogP contribution in [0.3, 0.4) is 0 Å². The van der Waals surface area contributed by atoms with Crippen LogP contribution in [0.4, 0.5) is 0 Å². The maximum absolute atomic E-state index is 11.9. The molecular formula is C12H15BrN4O. The summed E-state index contributed by atoms with van der Waals surface area (Å²) in [7, 11) is 1.86. The second kappa shape index (κ2) is 4.35. The zero-order valence-electron chi connectivity index (χ0n) is 10.8. The highest BCUT2D eigenvalue weighted by Crippen LogP contribution is 2.26. The van der Waals surface area contributed by atoms with E-state index in [1.54, 1.807) is 6.20 Å². The Bertz CT molecular complexity index is 636. The van der Waals surface area contributed by atoms with Crippen LogP contribution in [0, 0.1) is 0 Å². The van der Waals surface area contributed by atoms with Gasteiger partial charge in [-0.15, -0.1) is 0 Å². The van der Waals surface area contributed by atoms with Crippen molar-refractivity contribution in [3.8, 4) is 11.6 Å². The highest BCUT2D eigenvalue weighted by Gasteiger charge is 2.23. The molecule has 0 fully saturated rings. The van der Waals surface area contributed by atoms with Crippen LogP contribution in [0.15, 0.2) is 21.7 Å². The van der Waals surface area contributed by atoms with E-state index in [4.69, 9.17) is 0 Å². The van der Waals surface area contributed by atoms with Crippen molar-refractivity contribution in [1.82, 2.24) is 19.5 Å². The van der Waals surface area contributed by atoms with Crippen LogP contribution in [0.2, 0.25) is 0 Å². The molecule has 5 nitrogen and oxygen atoms in total. The zero-order valence-corrected chi connectivity index (χ0v) is 12.4. The molecule has 0 saturated heterocycles. The average Bonchev–Trinajstić information content (AvgIpc) is 2.66. The lowest BCUT2D eigenvalue weighted by molar-refractivity contribution is 0.562. The maximum Gasteiger partial charge on any atom is 0.265 e. The Morgan fingerprint density at radius 3 is 2.56 bits per heavy atom. The molecule has 2 rings (SSSR count). The second-order valence-corrected chi connectivity index (χ2v) is 5.98. The summed E-state index contributed by atoms with van der Waals surface area (Å²) in [6.07, 6.45) is 3.49. The second-order valence-electron chi connectivity index (χ2n) is 5.19. The first-order chi connectivity index (χ1) is 8.30. The molecule has 0 aliphatic carbocycles. The molecule has 18 heavy (non-hydrogen) atoms. The Morgan fingerprint density at radius 1 is 1.39 bits per heavy atom. The van der Waals surface area contributed by atoms with Gasteiger partial charge in [0, 0.05) is 24.9 Å². The number of imidazole rings is 1. The Labute approximate surface area is 113 Å². The number of aromatic nitrogens is 4. The lowest BCUT2D eigenvalue weighted by Crippen LogP contribution is -2.22. The zero-order chi connectivity index (χ0) is 13.5. The summed E-state index contributed by atoms with van der Waals surface area (Å²) in [5.74, 6) is 1.13. The van der Waals surface area contributed by atoms with Crippen molar-refractivity contribution >= 4 is 15.9 Å². The minimum Gasteiger partial charge on any atom is -0.331 e. The first kappa shape index (κ1) is 13.0. The van der Waals surface area contributed by atoms with Gasteiger partial charge in [0.15, 0.2) is 11.6 Å². The molecule has 0 spiro atoms. The summed E-state index contributed by atoms with van der Waals surface area (Å²) in [6, 6.07) is 0. The van der Waals surface area contributed by atoms with E-state index in [0.717, 1.165) is 5.69 Å². The molecule has 0 aromatic carbocycles. The van der Waals surface area contributed by atoms with Crippen molar-refractivity contribution in [3.63, 3.8) is 0 Å². The molecule has 0 bridgehead atoms. The normalized spacial score (nSPS) is 11.8. The predicted molar refractivity (Wildman–Crippen MR) is 73.5 cm³/mol. The van der Waals surface area contributed by atoms with E-state index in [-0.39, 0.29) is 11.0 Å². The molecule has 0 atom stereocenters. The molecule has 1 N–H and O–H groups in total. The molecule has 2 heterocycles. The fourth-order valence-corrected chi connectivity index (χ4v) is 2.44. The van der Waals surface area contributed by atoms with E-state index in [0.29, 0.717) is 16.1 Å². The molecule has 2 aromatic heterocycles. The van der Waals surface area contributed by atoms with Gasteiger partial charge in [-0.1, -0.05) is 20.8 Å². The Kier molecular flexibility index (Phi) is 3.14. The lowest BCUT2D eigenvalue weighted by Gasteiger charge is -2.19. The molecule has 0 saturated carbocycles. The van der Waals surface area contributed by atoms with Gasteiger partial charge in [0.2, 0.25) is 0 Å². The quantitative estimate of drug-likeness (QED) is 0.878. The number of aryl methyl sites for hydroxylation is 1. The minimum absolute atomic E-state index is 0.187. The topological polar surface area (TPSA) is 63.6 Å². The van der Waals surface area contributed by atoms with Crippen molar-refractivity contribution in [2.24, 2.45) is 7.05 Å². The summed E-state index contributed by atoms with van der Waals surface area (Å²) >= 11 is 3.30. The van der Waals surface area contributed by atoms with Gasteiger partial charge >= 0.3 is 0 Å². The third-order valence-corrected chi connectivity index (χ3v) is 3.34. The van der Waals surface area contributed by atoms with Crippen LogP contribution in [-0.2, 0) is 12.5 Å². The number of hydrogen-bond donors (Lipinski definition) is 1. The van der Waals surface area contributed by atoms with E-state index in [1.165, 1.54) is 0 Å². The van der Waals surface area contributed by atoms with Gasteiger partial charge < -0.3 is 9.55 Å². The molecular weight excluding hydrogens is 296 g/mol. The highest BCUT2D eigenvalue weighted by molar-refractivity contribution is 9.10. The summed E-state index contributed by atoms with van der Waals surface area (Å²) in [6.45, 7) is 6.05. The first-order valence-electron chi connectivity index (χ1n) is 5.58. The monoisotopic (exact) mass is 310 g/mol. The van der Waals surface area contributed by atoms with E-state index in [1.807, 2.05) is 38.6 Å². The third kappa shape index (κ3) is 2.25. The van der Waals surface area contributed by atoms with Crippen LogP contribution in [0.5, 0.6) is 0 Å². The van der Waals surface area contributed by atoms with Gasteiger partial charge in [0.1, 0.15) is 4.47 Å². The van der Waals surface area contributed by atoms with Gasteiger partial charge in [0.25, 0.3) is 5.56 Å². The van der Waals surface area contributed by atoms with Crippen LogP contribution in [0.25, 0.3) is 11.6 Å². The Hall–Kier alpha value is -1.43. The number of rotatable bonds is 1. The third-order valence-electron chi connectivity index (χ3n) is 2.61. The van der Waals surface area contributed by atoms with Crippen LogP contribution in [0.1, 0.15) is 26.5 Å². The van der Waals surface area contributed by atoms with E-state index in [2.05, 4.69) is 30.9 Å². The van der Waals surface area contributed by atoms with E-state index in [9.17, 15) is 4.79 Å². The maximum atomic E-state index is 11.9. The van der Waals surface area contributed by atoms with Gasteiger partial charge in [-0.25, -0.2) is 9.97 Å². The van der Waals surface area contributed by atoms with Crippen molar-refractivity contribution in [1.29, 1.82) is 0 Å². The molecule has 0 radical (unpaired) electrons. The van der Waals surface area contributed by atoms with Gasteiger partial charge in [-0.05, 0) is 15.9 Å². The van der Waals surface area contributed by atoms with Crippen molar-refractivity contribution < 1.29 is 0 Å². The molecule has 6 heteroatoms. The smallest absolute Gasteiger partial charge is 0.265 e. The summed E-state index contributed by atoms with van der Waals surface area (Å²) in [5.41, 5.74) is 0.324. The van der Waals surface area contributed by atoms with E-state index < -0.39 is 0 Å². The van der Waals surface area contributed by atoms with Gasteiger partial charge in [0.05, 0.1) is 5.69 Å². The lowest BCUT2D eigenvalue weighted by atomic mass is 9.92. The minimum atomic E-state index is -0.215. The molecule has 0 aliphatic heterocycles. The average molecular weight is 311 g/mol. The summed E-state index contributed by atoms with van der Waals surface area (Å²) < 4.78 is 2.30. The number of halogens is 1. The van der Waals surface area contributed by atoms with Crippen LogP contribution >= 0.6 is 15.9 Å². The fraction of sp³-hybridized carbons (Fsp3) is 0.417. The number of nitrogens with one attached hydrogen (secondary N) is 1. The molecule has 0 amide bonds. The predicted octanol–water partition coefficient (Wildman–Crippen LogP) is 2.23. The fourth-order valence-electron chi connectivity index (χ4n) is 1.66. The molecule has 0 aliphatic rings. The first-order valence-corrected chi connectivity index (χ1v) is 6.38. The Balaban J connectivity index is 2.70. The highest BCUT2D eigenvalue weighted by atomic mass is 79.9. The van der Waals surface area contributed by atoms with Gasteiger partial charge in [-0.2, -0.15) is 0 Å². The summed E-state index contributed by atoms with van der Waals surface area (Å²) in [5, 5.41) is 0. The number of nitrogens with zero attached hydrogens (tertiary/aromatic N) is 3. The van der Waals surface area contributed by atoms with E-state index >= 15 is 0 Å². The largest absolute Gasteiger partial charge is 0.331 e. The van der Waals surface area contributed by atoms with Crippen LogP contribution < -0.4 is 5.56 Å². The SMILES string of the molecule is Cn1ccnc1-c1nc(C(C)(C)C)c(Br)c(=O)[nH]1. The number of aromatic amines is 1. The Morgan fingerprint density at radius 2 is 2.06 bits per heavy atom. The van der Waals surface area contributed by atoms with Crippen molar-refractivity contribution in [3.05, 3.63) is 32.9 Å².